The molecule has 0 nitrogen and oxygen atoms in total. The number of aryl methyl sites for hydroxylation is 1. The van der Waals surface area contributed by atoms with Crippen LogP contribution < -0.4 is 0 Å². The van der Waals surface area contributed by atoms with Gasteiger partial charge in [0, 0.05) is 20.2 Å². The summed E-state index contributed by atoms with van der Waals surface area (Å²) in [6.45, 7) is 2.16. The number of thiophene rings is 1. The molecule has 0 radical (unpaired) electrons. The quantitative estimate of drug-likeness (QED) is 0.384. The first-order valence-corrected chi connectivity index (χ1v) is 6.95. The molecule has 0 saturated heterocycles. The molecular formula is C17H12S. The monoisotopic (exact) mass is 248 g/mol. The lowest BCUT2D eigenvalue weighted by Gasteiger charge is -2.00. The molecule has 1 heteroatoms. The van der Waals surface area contributed by atoms with Gasteiger partial charge in [0.05, 0.1) is 0 Å². The summed E-state index contributed by atoms with van der Waals surface area (Å²) in [6.07, 6.45) is 0. The molecule has 4 aromatic rings. The van der Waals surface area contributed by atoms with Crippen LogP contribution in [0.1, 0.15) is 5.56 Å². The highest BCUT2D eigenvalue weighted by Crippen LogP contribution is 2.38. The second-order valence-corrected chi connectivity index (χ2v) is 5.85. The first kappa shape index (κ1) is 10.1. The van der Waals surface area contributed by atoms with Crippen molar-refractivity contribution in [2.24, 2.45) is 0 Å². The van der Waals surface area contributed by atoms with E-state index >= 15 is 0 Å². The van der Waals surface area contributed by atoms with Crippen LogP contribution in [0.4, 0.5) is 0 Å². The van der Waals surface area contributed by atoms with Crippen molar-refractivity contribution in [2.45, 2.75) is 6.92 Å². The highest BCUT2D eigenvalue weighted by atomic mass is 32.1. The van der Waals surface area contributed by atoms with Crippen LogP contribution in [0.15, 0.2) is 54.6 Å². The maximum atomic E-state index is 2.31. The van der Waals surface area contributed by atoms with Gasteiger partial charge in [-0.2, -0.15) is 0 Å². The van der Waals surface area contributed by atoms with Crippen LogP contribution in [0.2, 0.25) is 0 Å². The zero-order chi connectivity index (χ0) is 12.1. The Morgan fingerprint density at radius 2 is 1.61 bits per heavy atom. The van der Waals surface area contributed by atoms with E-state index in [2.05, 4.69) is 61.5 Å². The molecule has 0 aliphatic heterocycles. The van der Waals surface area contributed by atoms with Crippen LogP contribution in [-0.2, 0) is 0 Å². The predicted octanol–water partition coefficient (Wildman–Crippen LogP) is 5.52. The zero-order valence-corrected chi connectivity index (χ0v) is 10.9. The van der Waals surface area contributed by atoms with Crippen molar-refractivity contribution in [3.05, 3.63) is 60.2 Å². The van der Waals surface area contributed by atoms with Crippen LogP contribution in [0, 0.1) is 6.92 Å². The van der Waals surface area contributed by atoms with Gasteiger partial charge in [-0.15, -0.1) is 11.3 Å². The number of hydrogen-bond acceptors (Lipinski definition) is 1. The van der Waals surface area contributed by atoms with E-state index in [1.807, 2.05) is 11.3 Å². The SMILES string of the molecule is Cc1ccc2sc3ccc4ccccc4c3c2c1. The fourth-order valence-corrected chi connectivity index (χ4v) is 3.76. The van der Waals surface area contributed by atoms with Gasteiger partial charge < -0.3 is 0 Å². The maximum Gasteiger partial charge on any atom is 0.0361 e. The molecule has 0 amide bonds. The molecule has 0 unspecified atom stereocenters. The Morgan fingerprint density at radius 1 is 0.778 bits per heavy atom. The van der Waals surface area contributed by atoms with Crippen molar-refractivity contribution >= 4 is 42.3 Å². The molecule has 3 aromatic carbocycles. The van der Waals surface area contributed by atoms with Crippen molar-refractivity contribution in [1.82, 2.24) is 0 Å². The molecule has 0 atom stereocenters. The lowest BCUT2D eigenvalue weighted by Crippen LogP contribution is -1.74. The van der Waals surface area contributed by atoms with Crippen LogP contribution in [0.3, 0.4) is 0 Å². The van der Waals surface area contributed by atoms with E-state index in [4.69, 9.17) is 0 Å². The third-order valence-electron chi connectivity index (χ3n) is 3.52. The van der Waals surface area contributed by atoms with E-state index in [0.717, 1.165) is 0 Å². The Bertz CT molecular complexity index is 884. The van der Waals surface area contributed by atoms with Gasteiger partial charge in [-0.3, -0.25) is 0 Å². The van der Waals surface area contributed by atoms with Gasteiger partial charge in [0.1, 0.15) is 0 Å². The molecule has 0 aliphatic carbocycles. The standard InChI is InChI=1S/C17H12S/c1-11-6-8-15-14(10-11)17-13-5-3-2-4-12(13)7-9-16(17)18-15/h2-10H,1H3. The zero-order valence-electron chi connectivity index (χ0n) is 10.1. The molecule has 1 aromatic heterocycles. The van der Waals surface area contributed by atoms with Gasteiger partial charge in [-0.05, 0) is 35.9 Å². The first-order valence-electron chi connectivity index (χ1n) is 6.13. The molecular weight excluding hydrogens is 236 g/mol. The van der Waals surface area contributed by atoms with E-state index < -0.39 is 0 Å². The third-order valence-corrected chi connectivity index (χ3v) is 4.65. The Hall–Kier alpha value is -1.86. The van der Waals surface area contributed by atoms with Gasteiger partial charge in [-0.25, -0.2) is 0 Å². The van der Waals surface area contributed by atoms with E-state index in [0.29, 0.717) is 0 Å². The van der Waals surface area contributed by atoms with Crippen LogP contribution in [-0.4, -0.2) is 0 Å². The molecule has 0 fully saturated rings. The van der Waals surface area contributed by atoms with Gasteiger partial charge >= 0.3 is 0 Å². The normalized spacial score (nSPS) is 11.6. The van der Waals surface area contributed by atoms with E-state index in [1.165, 1.54) is 36.5 Å². The molecule has 0 saturated carbocycles. The van der Waals surface area contributed by atoms with Crippen LogP contribution >= 0.6 is 11.3 Å². The lowest BCUT2D eigenvalue weighted by molar-refractivity contribution is 1.52. The van der Waals surface area contributed by atoms with Gasteiger partial charge in [0.15, 0.2) is 0 Å². The molecule has 1 heterocycles. The smallest absolute Gasteiger partial charge is 0.0361 e. The first-order chi connectivity index (χ1) is 8.83. The Kier molecular flexibility index (Phi) is 2.00. The molecule has 86 valence electrons. The number of hydrogen-bond donors (Lipinski definition) is 0. The minimum atomic E-state index is 1.33. The van der Waals surface area contributed by atoms with Crippen molar-refractivity contribution in [3.63, 3.8) is 0 Å². The van der Waals surface area contributed by atoms with Gasteiger partial charge in [0.2, 0.25) is 0 Å². The summed E-state index contributed by atoms with van der Waals surface area (Å²) in [4.78, 5) is 0. The largest absolute Gasteiger partial charge is 0.135 e. The summed E-state index contributed by atoms with van der Waals surface area (Å²) >= 11 is 1.89. The summed E-state index contributed by atoms with van der Waals surface area (Å²) in [5.74, 6) is 0. The second kappa shape index (κ2) is 3.56. The average molecular weight is 248 g/mol. The van der Waals surface area contributed by atoms with Crippen LogP contribution in [0.5, 0.6) is 0 Å². The number of benzene rings is 3. The molecule has 0 bridgehead atoms. The van der Waals surface area contributed by atoms with E-state index in [9.17, 15) is 0 Å². The van der Waals surface area contributed by atoms with Crippen molar-refractivity contribution in [2.75, 3.05) is 0 Å². The van der Waals surface area contributed by atoms with Crippen LogP contribution in [0.25, 0.3) is 30.9 Å². The second-order valence-electron chi connectivity index (χ2n) is 4.76. The van der Waals surface area contributed by atoms with E-state index in [1.54, 1.807) is 0 Å². The maximum absolute atomic E-state index is 2.31. The Morgan fingerprint density at radius 3 is 2.56 bits per heavy atom. The average Bonchev–Trinajstić information content (AvgIpc) is 2.77. The van der Waals surface area contributed by atoms with Crippen molar-refractivity contribution in [3.8, 4) is 0 Å². The molecule has 0 aliphatic rings. The summed E-state index contributed by atoms with van der Waals surface area (Å²) in [5.41, 5.74) is 1.33. The third kappa shape index (κ3) is 1.31. The summed E-state index contributed by atoms with van der Waals surface area (Å²) in [6, 6.07) is 19.9. The van der Waals surface area contributed by atoms with E-state index in [-0.39, 0.29) is 0 Å². The van der Waals surface area contributed by atoms with Gasteiger partial charge in [-0.1, -0.05) is 42.0 Å². The van der Waals surface area contributed by atoms with Crippen molar-refractivity contribution < 1.29 is 0 Å². The highest BCUT2D eigenvalue weighted by molar-refractivity contribution is 7.26. The lowest BCUT2D eigenvalue weighted by atomic mass is 10.0. The molecule has 0 N–H and O–H groups in total. The minimum Gasteiger partial charge on any atom is -0.135 e. The molecule has 18 heavy (non-hydrogen) atoms. The molecule has 4 rings (SSSR count). The number of rotatable bonds is 0. The summed E-state index contributed by atoms with van der Waals surface area (Å²) in [7, 11) is 0. The fraction of sp³-hybridized carbons (Fsp3) is 0.0588. The topological polar surface area (TPSA) is 0 Å². The molecule has 0 spiro atoms. The Balaban J connectivity index is 2.35. The number of fused-ring (bicyclic) bond motifs is 5. The van der Waals surface area contributed by atoms with Crippen molar-refractivity contribution in [1.29, 1.82) is 0 Å². The summed E-state index contributed by atoms with van der Waals surface area (Å²) < 4.78 is 2.77. The fourth-order valence-electron chi connectivity index (χ4n) is 2.66. The minimum absolute atomic E-state index is 1.33. The predicted molar refractivity (Wildman–Crippen MR) is 81.6 cm³/mol. The summed E-state index contributed by atoms with van der Waals surface area (Å²) in [5, 5.41) is 5.50. The highest BCUT2D eigenvalue weighted by Gasteiger charge is 2.08. The van der Waals surface area contributed by atoms with Gasteiger partial charge in [0.25, 0.3) is 0 Å². The Labute approximate surface area is 109 Å².